The van der Waals surface area contributed by atoms with Gasteiger partial charge in [0.15, 0.2) is 0 Å². The van der Waals surface area contributed by atoms with Gasteiger partial charge in [-0.1, -0.05) is 0 Å². The van der Waals surface area contributed by atoms with Gasteiger partial charge in [-0.3, -0.25) is 9.59 Å². The molecule has 2 N–H and O–H groups in total. The van der Waals surface area contributed by atoms with E-state index in [4.69, 9.17) is 5.11 Å². The second-order valence-electron chi connectivity index (χ2n) is 3.85. The largest absolute Gasteiger partial charge is 0.481 e. The van der Waals surface area contributed by atoms with Crippen molar-refractivity contribution in [3.05, 3.63) is 0 Å². The second-order valence-corrected chi connectivity index (χ2v) is 4.99. The summed E-state index contributed by atoms with van der Waals surface area (Å²) in [5, 5.41) is 11.9. The fourth-order valence-corrected chi connectivity index (χ4v) is 2.60. The van der Waals surface area contributed by atoms with Crippen LogP contribution in [0, 0.1) is 0 Å². The molecule has 86 valence electrons. The standard InChI is InChI=1S/C10H17NO3S/c1-15-8-4-2-7(3-5-8)11-9(12)6-10(13)14/h7-8H,2-6H2,1H3,(H,11,12)(H,13,14). The molecule has 0 aromatic heterocycles. The Morgan fingerprint density at radius 2 is 1.93 bits per heavy atom. The van der Waals surface area contributed by atoms with E-state index in [1.54, 1.807) is 0 Å². The van der Waals surface area contributed by atoms with Gasteiger partial charge in [0.1, 0.15) is 6.42 Å². The first-order chi connectivity index (χ1) is 7.11. The monoisotopic (exact) mass is 231 g/mol. The molecule has 1 amide bonds. The number of rotatable bonds is 4. The number of carbonyl (C=O) groups excluding carboxylic acids is 1. The molecule has 1 aliphatic carbocycles. The summed E-state index contributed by atoms with van der Waals surface area (Å²) in [7, 11) is 0. The van der Waals surface area contributed by atoms with E-state index < -0.39 is 12.4 Å². The van der Waals surface area contributed by atoms with Crippen molar-refractivity contribution in [2.24, 2.45) is 0 Å². The Balaban J connectivity index is 2.23. The molecule has 0 aromatic carbocycles. The van der Waals surface area contributed by atoms with Gasteiger partial charge in [-0.15, -0.1) is 0 Å². The molecule has 0 radical (unpaired) electrons. The average molecular weight is 231 g/mol. The van der Waals surface area contributed by atoms with Gasteiger partial charge in [0.25, 0.3) is 0 Å². The molecule has 0 aromatic rings. The maximum Gasteiger partial charge on any atom is 0.312 e. The Bertz CT molecular complexity index is 237. The number of amides is 1. The Hall–Kier alpha value is -0.710. The van der Waals surface area contributed by atoms with E-state index in [1.807, 2.05) is 11.8 Å². The van der Waals surface area contributed by atoms with Crippen molar-refractivity contribution in [3.8, 4) is 0 Å². The SMILES string of the molecule is CSC1CCC(NC(=O)CC(=O)O)CC1. The van der Waals surface area contributed by atoms with Crippen LogP contribution in [-0.4, -0.2) is 34.5 Å². The molecule has 0 bridgehead atoms. The lowest BCUT2D eigenvalue weighted by Crippen LogP contribution is -2.38. The van der Waals surface area contributed by atoms with Crippen LogP contribution in [0.25, 0.3) is 0 Å². The molecule has 0 heterocycles. The third-order valence-corrected chi connectivity index (χ3v) is 3.82. The third-order valence-electron chi connectivity index (χ3n) is 2.68. The number of nitrogens with one attached hydrogen (secondary N) is 1. The van der Waals surface area contributed by atoms with Gasteiger partial charge in [-0.2, -0.15) is 11.8 Å². The van der Waals surface area contributed by atoms with Gasteiger partial charge >= 0.3 is 5.97 Å². The average Bonchev–Trinajstić information content (AvgIpc) is 2.17. The van der Waals surface area contributed by atoms with Crippen molar-refractivity contribution in [2.75, 3.05) is 6.26 Å². The summed E-state index contributed by atoms with van der Waals surface area (Å²) < 4.78 is 0. The Kier molecular flexibility index (Phi) is 4.94. The van der Waals surface area contributed by atoms with Crippen LogP contribution in [0.15, 0.2) is 0 Å². The van der Waals surface area contributed by atoms with Crippen molar-refractivity contribution < 1.29 is 14.7 Å². The lowest BCUT2D eigenvalue weighted by atomic mass is 9.95. The smallest absolute Gasteiger partial charge is 0.312 e. The minimum Gasteiger partial charge on any atom is -0.481 e. The van der Waals surface area contributed by atoms with Gasteiger partial charge in [-0.25, -0.2) is 0 Å². The molecule has 4 nitrogen and oxygen atoms in total. The van der Waals surface area contributed by atoms with Crippen molar-refractivity contribution in [3.63, 3.8) is 0 Å². The minimum atomic E-state index is -1.06. The van der Waals surface area contributed by atoms with Crippen LogP contribution in [-0.2, 0) is 9.59 Å². The van der Waals surface area contributed by atoms with Crippen LogP contribution in [0.5, 0.6) is 0 Å². The number of carbonyl (C=O) groups is 2. The van der Waals surface area contributed by atoms with E-state index >= 15 is 0 Å². The summed E-state index contributed by atoms with van der Waals surface area (Å²) in [4.78, 5) is 21.5. The van der Waals surface area contributed by atoms with Crippen LogP contribution in [0.2, 0.25) is 0 Å². The molecule has 5 heteroatoms. The molecule has 0 spiro atoms. The summed E-state index contributed by atoms with van der Waals surface area (Å²) in [5.74, 6) is -1.43. The highest BCUT2D eigenvalue weighted by Gasteiger charge is 2.22. The Morgan fingerprint density at radius 3 is 2.40 bits per heavy atom. The highest BCUT2D eigenvalue weighted by molar-refractivity contribution is 7.99. The van der Waals surface area contributed by atoms with Gasteiger partial charge in [0.2, 0.25) is 5.91 Å². The van der Waals surface area contributed by atoms with Crippen molar-refractivity contribution in [2.45, 2.75) is 43.4 Å². The zero-order valence-electron chi connectivity index (χ0n) is 8.86. The Morgan fingerprint density at radius 1 is 1.33 bits per heavy atom. The fraction of sp³-hybridized carbons (Fsp3) is 0.800. The summed E-state index contributed by atoms with van der Waals surface area (Å²) in [6.45, 7) is 0. The van der Waals surface area contributed by atoms with E-state index in [0.29, 0.717) is 5.25 Å². The molecule has 0 aliphatic heterocycles. The summed E-state index contributed by atoms with van der Waals surface area (Å²) in [6, 6.07) is 0.181. The quantitative estimate of drug-likeness (QED) is 0.715. The lowest BCUT2D eigenvalue weighted by Gasteiger charge is -2.27. The van der Waals surface area contributed by atoms with E-state index in [2.05, 4.69) is 11.6 Å². The van der Waals surface area contributed by atoms with Gasteiger partial charge in [0.05, 0.1) is 0 Å². The summed E-state index contributed by atoms with van der Waals surface area (Å²) >= 11 is 1.87. The van der Waals surface area contributed by atoms with Gasteiger partial charge < -0.3 is 10.4 Å². The highest BCUT2D eigenvalue weighted by atomic mass is 32.2. The predicted octanol–water partition coefficient (Wildman–Crippen LogP) is 1.25. The first-order valence-corrected chi connectivity index (χ1v) is 6.44. The fourth-order valence-electron chi connectivity index (χ4n) is 1.86. The van der Waals surface area contributed by atoms with Crippen LogP contribution >= 0.6 is 11.8 Å². The van der Waals surface area contributed by atoms with Crippen LogP contribution in [0.3, 0.4) is 0 Å². The van der Waals surface area contributed by atoms with Crippen LogP contribution in [0.1, 0.15) is 32.1 Å². The minimum absolute atomic E-state index is 0.181. The Labute approximate surface area is 93.8 Å². The molecule has 0 atom stereocenters. The number of carboxylic acid groups (broad SMARTS) is 1. The normalized spacial score (nSPS) is 25.9. The maximum absolute atomic E-state index is 11.2. The van der Waals surface area contributed by atoms with Crippen molar-refractivity contribution in [1.82, 2.24) is 5.32 Å². The zero-order valence-corrected chi connectivity index (χ0v) is 9.68. The topological polar surface area (TPSA) is 66.4 Å². The maximum atomic E-state index is 11.2. The summed E-state index contributed by atoms with van der Waals surface area (Å²) in [5.41, 5.74) is 0. The van der Waals surface area contributed by atoms with Gasteiger partial charge in [0, 0.05) is 11.3 Å². The summed E-state index contributed by atoms with van der Waals surface area (Å²) in [6.07, 6.45) is 5.85. The molecule has 0 unspecified atom stereocenters. The highest BCUT2D eigenvalue weighted by Crippen LogP contribution is 2.26. The number of carboxylic acids is 1. The van der Waals surface area contributed by atoms with Crippen molar-refractivity contribution in [1.29, 1.82) is 0 Å². The predicted molar refractivity (Wildman–Crippen MR) is 60.0 cm³/mol. The lowest BCUT2D eigenvalue weighted by molar-refractivity contribution is -0.140. The first-order valence-electron chi connectivity index (χ1n) is 5.15. The van der Waals surface area contributed by atoms with Crippen LogP contribution in [0.4, 0.5) is 0 Å². The molecule has 15 heavy (non-hydrogen) atoms. The second kappa shape index (κ2) is 6.00. The molecular formula is C10H17NO3S. The third kappa shape index (κ3) is 4.55. The van der Waals surface area contributed by atoms with E-state index in [-0.39, 0.29) is 11.9 Å². The number of hydrogen-bond acceptors (Lipinski definition) is 3. The molecule has 1 fully saturated rings. The van der Waals surface area contributed by atoms with E-state index in [1.165, 1.54) is 0 Å². The molecular weight excluding hydrogens is 214 g/mol. The van der Waals surface area contributed by atoms with Crippen molar-refractivity contribution >= 4 is 23.6 Å². The number of hydrogen-bond donors (Lipinski definition) is 2. The van der Waals surface area contributed by atoms with E-state index in [9.17, 15) is 9.59 Å². The number of aliphatic carboxylic acids is 1. The molecule has 1 rings (SSSR count). The molecule has 1 aliphatic rings. The first kappa shape index (κ1) is 12.4. The molecule has 1 saturated carbocycles. The number of thioether (sulfide) groups is 1. The van der Waals surface area contributed by atoms with E-state index in [0.717, 1.165) is 25.7 Å². The zero-order chi connectivity index (χ0) is 11.3. The molecule has 0 saturated heterocycles. The van der Waals surface area contributed by atoms with Gasteiger partial charge in [-0.05, 0) is 31.9 Å². The van der Waals surface area contributed by atoms with Crippen LogP contribution < -0.4 is 5.32 Å².